The molecule has 159 valence electrons. The van der Waals surface area contributed by atoms with Crippen LogP contribution in [0.5, 0.6) is 5.75 Å². The quantitative estimate of drug-likeness (QED) is 0.540. The average molecular weight is 444 g/mol. The van der Waals surface area contributed by atoms with E-state index in [2.05, 4.69) is 10.3 Å². The Labute approximate surface area is 188 Å². The van der Waals surface area contributed by atoms with Crippen molar-refractivity contribution in [3.05, 3.63) is 76.7 Å². The molecule has 0 atom stereocenters. The molecule has 2 amide bonds. The summed E-state index contributed by atoms with van der Waals surface area (Å²) in [6.07, 6.45) is 3.78. The van der Waals surface area contributed by atoms with Crippen LogP contribution in [0.1, 0.15) is 11.1 Å². The molecular weight excluding hydrogens is 426 g/mol. The number of ether oxygens (including phenoxy) is 1. The first-order chi connectivity index (χ1) is 15.5. The number of carbonyl (C=O) groups excluding carboxylic acids is 3. The maximum Gasteiger partial charge on any atom is 0.286 e. The molecule has 3 aromatic rings. The van der Waals surface area contributed by atoms with Crippen molar-refractivity contribution >= 4 is 57.6 Å². The van der Waals surface area contributed by atoms with E-state index in [-0.39, 0.29) is 18.9 Å². The molecule has 0 spiro atoms. The van der Waals surface area contributed by atoms with Crippen LogP contribution in [0.15, 0.2) is 70.6 Å². The Morgan fingerprint density at radius 1 is 1.12 bits per heavy atom. The highest BCUT2D eigenvalue weighted by atomic mass is 32.2. The second kappa shape index (κ2) is 9.49. The van der Waals surface area contributed by atoms with Crippen molar-refractivity contribution in [1.29, 1.82) is 0 Å². The molecule has 1 heterocycles. The number of nitrogens with one attached hydrogen (secondary N) is 1. The van der Waals surface area contributed by atoms with Crippen molar-refractivity contribution in [3.8, 4) is 5.75 Å². The molecule has 7 nitrogen and oxygen atoms in total. The molecule has 4 rings (SSSR count). The van der Waals surface area contributed by atoms with E-state index in [4.69, 9.17) is 10.5 Å². The molecule has 0 saturated heterocycles. The molecule has 1 aliphatic rings. The van der Waals surface area contributed by atoms with Crippen LogP contribution in [0.4, 0.5) is 5.69 Å². The van der Waals surface area contributed by atoms with Crippen LogP contribution in [0.3, 0.4) is 0 Å². The molecule has 0 aliphatic carbocycles. The fourth-order valence-electron chi connectivity index (χ4n) is 3.14. The number of thioether (sulfide) groups is 1. The van der Waals surface area contributed by atoms with Gasteiger partial charge in [0.1, 0.15) is 5.75 Å². The lowest BCUT2D eigenvalue weighted by molar-refractivity contribution is -0.120. The molecule has 0 fully saturated rings. The Kier molecular flexibility index (Phi) is 6.32. The van der Waals surface area contributed by atoms with E-state index in [1.54, 1.807) is 18.2 Å². The summed E-state index contributed by atoms with van der Waals surface area (Å²) in [4.78, 5) is 38.7. The second-order valence-corrected chi connectivity index (χ2v) is 8.00. The number of carbonyl (C=O) groups is 2. The lowest BCUT2D eigenvalue weighted by atomic mass is 10.1. The fraction of sp³-hybridized carbons (Fsp3) is 0.0833. The summed E-state index contributed by atoms with van der Waals surface area (Å²) in [7, 11) is 0. The molecular formula is C24H18N3O4S. The molecule has 3 N–H and O–H groups in total. The second-order valence-electron chi connectivity index (χ2n) is 6.97. The lowest BCUT2D eigenvalue weighted by Crippen LogP contribution is -2.20. The molecule has 32 heavy (non-hydrogen) atoms. The number of nitrogens with two attached hydrogens (primary N) is 1. The SMILES string of the molecule is NC(=O)COc1cc2ccccc2cc1C=C1SC(Nc2ccc(C[C]=O)cc2)=NC1=O. The molecule has 0 aromatic heterocycles. The molecule has 0 unspecified atom stereocenters. The van der Waals surface area contributed by atoms with Crippen LogP contribution in [0.2, 0.25) is 0 Å². The van der Waals surface area contributed by atoms with E-state index < -0.39 is 5.91 Å². The minimum Gasteiger partial charge on any atom is -0.483 e. The van der Waals surface area contributed by atoms with Gasteiger partial charge < -0.3 is 15.8 Å². The number of amides is 2. The molecule has 0 saturated carbocycles. The van der Waals surface area contributed by atoms with Gasteiger partial charge in [0.15, 0.2) is 11.8 Å². The highest BCUT2D eigenvalue weighted by molar-refractivity contribution is 8.18. The maximum atomic E-state index is 12.5. The third-order valence-corrected chi connectivity index (χ3v) is 5.54. The standard InChI is InChI=1S/C24H18N3O4S/c25-22(29)14-31-20-12-17-4-2-1-3-16(17)11-18(20)13-21-23(30)27-24(32-21)26-19-7-5-15(6-8-19)9-10-28/h1-8,11-13H,9,14H2,(H2,25,29)(H,26,27,30). The summed E-state index contributed by atoms with van der Waals surface area (Å²) in [5.41, 5.74) is 7.46. The number of rotatable bonds is 7. The van der Waals surface area contributed by atoms with Gasteiger partial charge in [0, 0.05) is 17.7 Å². The van der Waals surface area contributed by atoms with Crippen molar-refractivity contribution in [2.75, 3.05) is 11.9 Å². The van der Waals surface area contributed by atoms with E-state index in [1.807, 2.05) is 54.8 Å². The number of primary amides is 1. The van der Waals surface area contributed by atoms with E-state index in [0.29, 0.717) is 21.4 Å². The summed E-state index contributed by atoms with van der Waals surface area (Å²) in [5.74, 6) is -0.513. The lowest BCUT2D eigenvalue weighted by Gasteiger charge is -2.10. The zero-order chi connectivity index (χ0) is 22.5. The Morgan fingerprint density at radius 3 is 2.53 bits per heavy atom. The monoisotopic (exact) mass is 444 g/mol. The number of anilines is 1. The van der Waals surface area contributed by atoms with Crippen LogP contribution in [0, 0.1) is 0 Å². The number of hydrogen-bond donors (Lipinski definition) is 2. The largest absolute Gasteiger partial charge is 0.483 e. The van der Waals surface area contributed by atoms with Crippen LogP contribution < -0.4 is 15.8 Å². The molecule has 3 aromatic carbocycles. The summed E-state index contributed by atoms with van der Waals surface area (Å²) >= 11 is 1.20. The van der Waals surface area contributed by atoms with Crippen LogP contribution in [0.25, 0.3) is 16.8 Å². The third-order valence-electron chi connectivity index (χ3n) is 4.64. The summed E-state index contributed by atoms with van der Waals surface area (Å²) in [6.45, 7) is -0.267. The number of fused-ring (bicyclic) bond motifs is 1. The Balaban J connectivity index is 1.57. The number of aliphatic imine (C=N–C) groups is 1. The van der Waals surface area contributed by atoms with Gasteiger partial charge in [0.2, 0.25) is 6.29 Å². The Hall–Kier alpha value is -3.91. The van der Waals surface area contributed by atoms with Crippen molar-refractivity contribution in [2.24, 2.45) is 10.7 Å². The highest BCUT2D eigenvalue weighted by Crippen LogP contribution is 2.33. The fourth-order valence-corrected chi connectivity index (χ4v) is 3.96. The smallest absolute Gasteiger partial charge is 0.286 e. The van der Waals surface area contributed by atoms with E-state index in [0.717, 1.165) is 22.0 Å². The van der Waals surface area contributed by atoms with Gasteiger partial charge in [0.25, 0.3) is 11.8 Å². The minimum absolute atomic E-state index is 0.229. The zero-order valence-electron chi connectivity index (χ0n) is 16.8. The predicted molar refractivity (Wildman–Crippen MR) is 126 cm³/mol. The average Bonchev–Trinajstić information content (AvgIpc) is 3.12. The number of nitrogens with zero attached hydrogens (tertiary/aromatic N) is 1. The van der Waals surface area contributed by atoms with E-state index >= 15 is 0 Å². The van der Waals surface area contributed by atoms with E-state index in [1.165, 1.54) is 11.8 Å². The van der Waals surface area contributed by atoms with E-state index in [9.17, 15) is 14.4 Å². The van der Waals surface area contributed by atoms with Crippen molar-refractivity contribution in [3.63, 3.8) is 0 Å². The zero-order valence-corrected chi connectivity index (χ0v) is 17.6. The summed E-state index contributed by atoms with van der Waals surface area (Å²) in [5, 5.41) is 5.45. The predicted octanol–water partition coefficient (Wildman–Crippen LogP) is 3.44. The van der Waals surface area contributed by atoms with Gasteiger partial charge >= 0.3 is 0 Å². The number of amidine groups is 1. The highest BCUT2D eigenvalue weighted by Gasteiger charge is 2.23. The third kappa shape index (κ3) is 5.04. The first kappa shape index (κ1) is 21.3. The molecule has 8 heteroatoms. The van der Waals surface area contributed by atoms with Crippen LogP contribution in [-0.2, 0) is 20.8 Å². The van der Waals surface area contributed by atoms with Crippen molar-refractivity contribution in [1.82, 2.24) is 0 Å². The van der Waals surface area contributed by atoms with Gasteiger partial charge in [-0.2, -0.15) is 4.99 Å². The van der Waals surface area contributed by atoms with Gasteiger partial charge in [-0.25, -0.2) is 0 Å². The molecule has 0 bridgehead atoms. The Morgan fingerprint density at radius 2 is 1.84 bits per heavy atom. The van der Waals surface area contributed by atoms with Gasteiger partial charge in [-0.05, 0) is 58.4 Å². The molecule has 1 radical (unpaired) electrons. The first-order valence-electron chi connectivity index (χ1n) is 9.69. The van der Waals surface area contributed by atoms with Gasteiger partial charge in [0.05, 0.1) is 4.91 Å². The number of hydrogen-bond acceptors (Lipinski definition) is 6. The van der Waals surface area contributed by atoms with Gasteiger partial charge in [-0.3, -0.25) is 14.4 Å². The minimum atomic E-state index is -0.588. The summed E-state index contributed by atoms with van der Waals surface area (Å²) < 4.78 is 5.59. The van der Waals surface area contributed by atoms with Crippen LogP contribution >= 0.6 is 11.8 Å². The van der Waals surface area contributed by atoms with Crippen LogP contribution in [-0.4, -0.2) is 29.9 Å². The first-order valence-corrected chi connectivity index (χ1v) is 10.5. The van der Waals surface area contributed by atoms with Gasteiger partial charge in [-0.15, -0.1) is 0 Å². The topological polar surface area (TPSA) is 111 Å². The Bertz CT molecular complexity index is 1270. The number of benzene rings is 3. The normalized spacial score (nSPS) is 14.4. The molecule has 1 aliphatic heterocycles. The van der Waals surface area contributed by atoms with Crippen molar-refractivity contribution in [2.45, 2.75) is 6.42 Å². The maximum absolute atomic E-state index is 12.5. The summed E-state index contributed by atoms with van der Waals surface area (Å²) in [6, 6.07) is 18.6. The van der Waals surface area contributed by atoms with Gasteiger partial charge in [-0.1, -0.05) is 36.4 Å². The van der Waals surface area contributed by atoms with Crippen molar-refractivity contribution < 1.29 is 19.1 Å².